The predicted octanol–water partition coefficient (Wildman–Crippen LogP) is 1.19. The molecule has 0 saturated carbocycles. The molecule has 0 aliphatic rings. The Balaban J connectivity index is 3.81. The van der Waals surface area contributed by atoms with Crippen molar-refractivity contribution in [1.82, 2.24) is 0 Å². The summed E-state index contributed by atoms with van der Waals surface area (Å²) in [6.45, 7) is 5.67. The standard InChI is InChI=1S/C10H22O5Si/c1-10(2,3)9(11)15-7-6-8-16(12,13-4)14-5/h12H,6-8H2,1-5H3. The predicted molar refractivity (Wildman–Crippen MR) is 61.8 cm³/mol. The van der Waals surface area contributed by atoms with Crippen molar-refractivity contribution in [2.75, 3.05) is 20.8 Å². The fourth-order valence-corrected chi connectivity index (χ4v) is 2.13. The van der Waals surface area contributed by atoms with Gasteiger partial charge in [0.1, 0.15) is 0 Å². The first-order chi connectivity index (χ1) is 7.25. The van der Waals surface area contributed by atoms with Crippen LogP contribution in [0, 0.1) is 5.41 Å². The van der Waals surface area contributed by atoms with E-state index in [1.165, 1.54) is 14.2 Å². The third-order valence-corrected chi connectivity index (χ3v) is 4.38. The summed E-state index contributed by atoms with van der Waals surface area (Å²) in [4.78, 5) is 21.1. The van der Waals surface area contributed by atoms with Crippen LogP contribution >= 0.6 is 0 Å². The van der Waals surface area contributed by atoms with Crippen LogP contribution in [0.1, 0.15) is 27.2 Å². The molecular formula is C10H22O5Si. The van der Waals surface area contributed by atoms with Gasteiger partial charge in [-0.3, -0.25) is 4.79 Å². The first-order valence-electron chi connectivity index (χ1n) is 5.25. The Morgan fingerprint density at radius 1 is 1.25 bits per heavy atom. The molecule has 0 aromatic heterocycles. The lowest BCUT2D eigenvalue weighted by Crippen LogP contribution is -2.40. The highest BCUT2D eigenvalue weighted by Gasteiger charge is 2.33. The highest BCUT2D eigenvalue weighted by atomic mass is 28.4. The Bertz CT molecular complexity index is 220. The summed E-state index contributed by atoms with van der Waals surface area (Å²) < 4.78 is 14.8. The van der Waals surface area contributed by atoms with Crippen molar-refractivity contribution in [3.8, 4) is 0 Å². The highest BCUT2D eigenvalue weighted by molar-refractivity contribution is 6.59. The fourth-order valence-electron chi connectivity index (χ4n) is 0.964. The van der Waals surface area contributed by atoms with Crippen molar-refractivity contribution in [2.24, 2.45) is 5.41 Å². The van der Waals surface area contributed by atoms with E-state index in [-0.39, 0.29) is 12.6 Å². The minimum atomic E-state index is -3.01. The van der Waals surface area contributed by atoms with Crippen LogP contribution in [-0.4, -0.2) is 40.4 Å². The molecule has 0 spiro atoms. The van der Waals surface area contributed by atoms with Crippen LogP contribution in [0.5, 0.6) is 0 Å². The van der Waals surface area contributed by atoms with Crippen LogP contribution in [0.2, 0.25) is 6.04 Å². The van der Waals surface area contributed by atoms with Crippen LogP contribution in [0.25, 0.3) is 0 Å². The zero-order chi connectivity index (χ0) is 12.8. The molecule has 0 aromatic rings. The van der Waals surface area contributed by atoms with E-state index in [0.717, 1.165) is 0 Å². The van der Waals surface area contributed by atoms with Gasteiger partial charge in [-0.05, 0) is 27.2 Å². The molecule has 6 heteroatoms. The van der Waals surface area contributed by atoms with Crippen LogP contribution in [0.15, 0.2) is 0 Å². The first kappa shape index (κ1) is 15.6. The molecule has 5 nitrogen and oxygen atoms in total. The van der Waals surface area contributed by atoms with Crippen molar-refractivity contribution < 1.29 is 23.2 Å². The molecule has 0 aromatic carbocycles. The van der Waals surface area contributed by atoms with E-state index >= 15 is 0 Å². The van der Waals surface area contributed by atoms with Gasteiger partial charge in [-0.1, -0.05) is 0 Å². The number of hydrogen-bond acceptors (Lipinski definition) is 5. The maximum absolute atomic E-state index is 11.4. The lowest BCUT2D eigenvalue weighted by Gasteiger charge is -2.20. The minimum Gasteiger partial charge on any atom is -0.465 e. The number of hydrogen-bond donors (Lipinski definition) is 1. The number of carbonyl (C=O) groups excluding carboxylic acids is 1. The number of ether oxygens (including phenoxy) is 1. The molecule has 0 aliphatic carbocycles. The molecular weight excluding hydrogens is 228 g/mol. The van der Waals surface area contributed by atoms with Crippen LogP contribution < -0.4 is 0 Å². The van der Waals surface area contributed by atoms with Gasteiger partial charge in [0.05, 0.1) is 12.0 Å². The van der Waals surface area contributed by atoms with E-state index in [4.69, 9.17) is 13.6 Å². The zero-order valence-corrected chi connectivity index (χ0v) is 11.7. The lowest BCUT2D eigenvalue weighted by molar-refractivity contribution is -0.152. The summed E-state index contributed by atoms with van der Waals surface area (Å²) >= 11 is 0. The van der Waals surface area contributed by atoms with E-state index in [2.05, 4.69) is 0 Å². The Hall–Kier alpha value is -0.433. The molecule has 1 N–H and O–H groups in total. The molecule has 0 aliphatic heterocycles. The monoisotopic (exact) mass is 250 g/mol. The second-order valence-corrected chi connectivity index (χ2v) is 7.35. The van der Waals surface area contributed by atoms with E-state index in [1.54, 1.807) is 20.8 Å². The van der Waals surface area contributed by atoms with Gasteiger partial charge in [0, 0.05) is 20.3 Å². The van der Waals surface area contributed by atoms with Gasteiger partial charge < -0.3 is 18.4 Å². The normalized spacial score (nSPS) is 12.6. The van der Waals surface area contributed by atoms with Gasteiger partial charge in [-0.15, -0.1) is 0 Å². The van der Waals surface area contributed by atoms with Crippen molar-refractivity contribution >= 4 is 14.8 Å². The molecule has 0 amide bonds. The highest BCUT2D eigenvalue weighted by Crippen LogP contribution is 2.16. The maximum atomic E-state index is 11.4. The third kappa shape index (κ3) is 5.60. The largest absolute Gasteiger partial charge is 0.497 e. The van der Waals surface area contributed by atoms with E-state index < -0.39 is 14.2 Å². The molecule has 16 heavy (non-hydrogen) atoms. The van der Waals surface area contributed by atoms with Crippen LogP contribution in [-0.2, 0) is 18.4 Å². The fraction of sp³-hybridized carbons (Fsp3) is 0.900. The summed E-state index contributed by atoms with van der Waals surface area (Å²) in [5, 5.41) is 0. The molecule has 0 unspecified atom stereocenters. The lowest BCUT2D eigenvalue weighted by atomic mass is 9.97. The third-order valence-electron chi connectivity index (χ3n) is 2.12. The van der Waals surface area contributed by atoms with Crippen molar-refractivity contribution in [3.63, 3.8) is 0 Å². The van der Waals surface area contributed by atoms with E-state index in [9.17, 15) is 9.59 Å². The van der Waals surface area contributed by atoms with Crippen LogP contribution in [0.3, 0.4) is 0 Å². The smallest absolute Gasteiger partial charge is 0.465 e. The quantitative estimate of drug-likeness (QED) is 0.436. The van der Waals surface area contributed by atoms with E-state index in [1.807, 2.05) is 0 Å². The molecule has 0 saturated heterocycles. The van der Waals surface area contributed by atoms with Gasteiger partial charge in [0.25, 0.3) is 0 Å². The zero-order valence-electron chi connectivity index (χ0n) is 10.7. The summed E-state index contributed by atoms with van der Waals surface area (Å²) in [5.74, 6) is -0.243. The first-order valence-corrected chi connectivity index (χ1v) is 7.22. The second-order valence-electron chi connectivity index (χ2n) is 4.61. The summed E-state index contributed by atoms with van der Waals surface area (Å²) in [5.41, 5.74) is -0.490. The van der Waals surface area contributed by atoms with Crippen molar-refractivity contribution in [2.45, 2.75) is 33.2 Å². The van der Waals surface area contributed by atoms with Gasteiger partial charge in [-0.25, -0.2) is 0 Å². The molecule has 0 atom stereocenters. The molecule has 0 rings (SSSR count). The Morgan fingerprint density at radius 2 is 1.75 bits per heavy atom. The van der Waals surface area contributed by atoms with Gasteiger partial charge in [0.2, 0.25) is 0 Å². The Labute approximate surface area is 98.1 Å². The molecule has 0 bridgehead atoms. The summed E-state index contributed by atoms with van der Waals surface area (Å²) in [6.07, 6.45) is 0.534. The minimum absolute atomic E-state index is 0.243. The number of esters is 1. The molecule has 0 heterocycles. The maximum Gasteiger partial charge on any atom is 0.497 e. The van der Waals surface area contributed by atoms with E-state index in [0.29, 0.717) is 12.5 Å². The van der Waals surface area contributed by atoms with Crippen molar-refractivity contribution in [1.29, 1.82) is 0 Å². The average molecular weight is 250 g/mol. The van der Waals surface area contributed by atoms with Gasteiger partial charge >= 0.3 is 14.8 Å². The Kier molecular flexibility index (Phi) is 6.17. The number of carbonyl (C=O) groups is 1. The summed E-state index contributed by atoms with van der Waals surface area (Å²) in [6, 6.07) is 0.386. The summed E-state index contributed by atoms with van der Waals surface area (Å²) in [7, 11) is -0.179. The Morgan fingerprint density at radius 3 is 2.12 bits per heavy atom. The second kappa shape index (κ2) is 6.34. The SMILES string of the molecule is CO[Si](O)(CCCOC(=O)C(C)(C)C)OC. The van der Waals surface area contributed by atoms with Crippen molar-refractivity contribution in [3.05, 3.63) is 0 Å². The molecule has 0 radical (unpaired) electrons. The van der Waals surface area contributed by atoms with Gasteiger partial charge in [0.15, 0.2) is 0 Å². The average Bonchev–Trinajstić information content (AvgIpc) is 2.22. The van der Waals surface area contributed by atoms with Crippen LogP contribution in [0.4, 0.5) is 0 Å². The molecule has 0 fully saturated rings. The van der Waals surface area contributed by atoms with Gasteiger partial charge in [-0.2, -0.15) is 0 Å². The molecule has 96 valence electrons. The topological polar surface area (TPSA) is 65.0 Å². The number of rotatable bonds is 6.